The van der Waals surface area contributed by atoms with Crippen LogP contribution in [0.5, 0.6) is 0 Å². The van der Waals surface area contributed by atoms with Crippen LogP contribution in [0.25, 0.3) is 0 Å². The summed E-state index contributed by atoms with van der Waals surface area (Å²) in [5, 5.41) is 0. The van der Waals surface area contributed by atoms with Crippen LogP contribution in [0, 0.1) is 5.92 Å². The molecule has 22 heavy (non-hydrogen) atoms. The Morgan fingerprint density at radius 3 is 1.59 bits per heavy atom. The van der Waals surface area contributed by atoms with Crippen molar-refractivity contribution in [2.45, 2.75) is 80.7 Å². The summed E-state index contributed by atoms with van der Waals surface area (Å²) in [4.78, 5) is 0. The SMILES string of the molecule is CCCCCCCCC(I)C(C)C(F)(C(F)(F)F)C(F)(F)F. The van der Waals surface area contributed by atoms with E-state index in [9.17, 15) is 30.7 Å². The Kier molecular flexibility index (Phi) is 9.01. The standard InChI is InChI=1S/C14H22F7I/c1-3-4-5-6-7-8-9-11(22)10(2)12(15,13(16,17)18)14(19,20)21/h10-11H,3-9H2,1-2H3. The van der Waals surface area contributed by atoms with E-state index in [1.165, 1.54) is 22.6 Å². The van der Waals surface area contributed by atoms with Gasteiger partial charge in [-0.2, -0.15) is 26.3 Å². The second-order valence-electron chi connectivity index (χ2n) is 5.57. The van der Waals surface area contributed by atoms with E-state index in [2.05, 4.69) is 0 Å². The van der Waals surface area contributed by atoms with Gasteiger partial charge in [-0.05, 0) is 6.42 Å². The van der Waals surface area contributed by atoms with Crippen molar-refractivity contribution in [1.82, 2.24) is 0 Å². The Hall–Kier alpha value is 0.240. The van der Waals surface area contributed by atoms with Crippen LogP contribution >= 0.6 is 22.6 Å². The van der Waals surface area contributed by atoms with Gasteiger partial charge < -0.3 is 0 Å². The predicted octanol–water partition coefficient (Wildman–Crippen LogP) is 7.01. The van der Waals surface area contributed by atoms with Crippen LogP contribution < -0.4 is 0 Å². The van der Waals surface area contributed by atoms with Gasteiger partial charge in [-0.1, -0.05) is 75.0 Å². The minimum Gasteiger partial charge on any atom is -0.223 e. The lowest BCUT2D eigenvalue weighted by Crippen LogP contribution is -2.59. The van der Waals surface area contributed by atoms with Gasteiger partial charge in [0.05, 0.1) is 0 Å². The molecule has 0 aromatic rings. The van der Waals surface area contributed by atoms with E-state index in [4.69, 9.17) is 0 Å². The van der Waals surface area contributed by atoms with E-state index in [1.54, 1.807) is 0 Å². The molecule has 0 fully saturated rings. The maximum atomic E-state index is 13.9. The lowest BCUT2D eigenvalue weighted by molar-refractivity contribution is -0.356. The molecular weight excluding hydrogens is 428 g/mol. The van der Waals surface area contributed by atoms with Gasteiger partial charge in [0, 0.05) is 9.84 Å². The number of alkyl halides is 8. The molecule has 0 aromatic heterocycles. The molecule has 0 saturated heterocycles. The molecule has 0 N–H and O–H groups in total. The molecule has 0 nitrogen and oxygen atoms in total. The molecule has 0 aliphatic rings. The average Bonchev–Trinajstić information content (AvgIpc) is 2.38. The van der Waals surface area contributed by atoms with E-state index < -0.39 is 27.9 Å². The molecule has 0 amide bonds. The van der Waals surface area contributed by atoms with Crippen molar-refractivity contribution in [1.29, 1.82) is 0 Å². The van der Waals surface area contributed by atoms with Crippen LogP contribution in [-0.4, -0.2) is 21.9 Å². The van der Waals surface area contributed by atoms with Crippen LogP contribution in [-0.2, 0) is 0 Å². The zero-order valence-electron chi connectivity index (χ0n) is 12.6. The predicted molar refractivity (Wildman–Crippen MR) is 80.9 cm³/mol. The Labute approximate surface area is 140 Å². The molecule has 0 heterocycles. The molecule has 2 unspecified atom stereocenters. The van der Waals surface area contributed by atoms with Crippen molar-refractivity contribution in [2.24, 2.45) is 5.92 Å². The quantitative estimate of drug-likeness (QED) is 0.154. The third-order valence-corrected chi connectivity index (χ3v) is 5.53. The van der Waals surface area contributed by atoms with Gasteiger partial charge in [0.2, 0.25) is 0 Å². The van der Waals surface area contributed by atoms with Crippen molar-refractivity contribution in [3.8, 4) is 0 Å². The van der Waals surface area contributed by atoms with Gasteiger partial charge in [-0.15, -0.1) is 0 Å². The normalized spacial score (nSPS) is 16.6. The highest BCUT2D eigenvalue weighted by molar-refractivity contribution is 14.1. The third-order valence-electron chi connectivity index (χ3n) is 3.83. The van der Waals surface area contributed by atoms with Gasteiger partial charge in [0.15, 0.2) is 0 Å². The highest BCUT2D eigenvalue weighted by atomic mass is 127. The maximum Gasteiger partial charge on any atom is 0.431 e. The number of hydrogen-bond acceptors (Lipinski definition) is 0. The van der Waals surface area contributed by atoms with Crippen LogP contribution in [0.4, 0.5) is 30.7 Å². The summed E-state index contributed by atoms with van der Waals surface area (Å²) < 4.78 is 88.7. The molecule has 0 aliphatic carbocycles. The third kappa shape index (κ3) is 5.70. The van der Waals surface area contributed by atoms with E-state index in [0.29, 0.717) is 13.3 Å². The highest BCUT2D eigenvalue weighted by Gasteiger charge is 2.75. The van der Waals surface area contributed by atoms with Gasteiger partial charge in [-0.3, -0.25) is 0 Å². The molecule has 8 heteroatoms. The molecule has 2 atom stereocenters. The average molecular weight is 450 g/mol. The summed E-state index contributed by atoms with van der Waals surface area (Å²) in [6.45, 7) is 2.73. The van der Waals surface area contributed by atoms with E-state index in [1.807, 2.05) is 6.92 Å². The zero-order chi connectivity index (χ0) is 17.6. The van der Waals surface area contributed by atoms with Gasteiger partial charge in [0.25, 0.3) is 0 Å². The lowest BCUT2D eigenvalue weighted by Gasteiger charge is -2.37. The second kappa shape index (κ2) is 8.92. The van der Waals surface area contributed by atoms with Gasteiger partial charge >= 0.3 is 18.0 Å². The van der Waals surface area contributed by atoms with Crippen molar-refractivity contribution in [3.63, 3.8) is 0 Å². The Bertz CT molecular complexity index is 297. The Morgan fingerprint density at radius 2 is 1.18 bits per heavy atom. The van der Waals surface area contributed by atoms with Crippen LogP contribution in [0.2, 0.25) is 0 Å². The fourth-order valence-electron chi connectivity index (χ4n) is 2.30. The molecule has 0 radical (unpaired) electrons. The summed E-state index contributed by atoms with van der Waals surface area (Å²) in [7, 11) is 0. The smallest absolute Gasteiger partial charge is 0.223 e. The van der Waals surface area contributed by atoms with Crippen molar-refractivity contribution >= 4 is 22.6 Å². The van der Waals surface area contributed by atoms with E-state index in [-0.39, 0.29) is 6.42 Å². The summed E-state index contributed by atoms with van der Waals surface area (Å²) in [5.74, 6) is -2.18. The monoisotopic (exact) mass is 450 g/mol. The largest absolute Gasteiger partial charge is 0.431 e. The summed E-state index contributed by atoms with van der Waals surface area (Å²) in [5.41, 5.74) is -5.16. The van der Waals surface area contributed by atoms with Crippen molar-refractivity contribution in [3.05, 3.63) is 0 Å². The Balaban J connectivity index is 4.66. The molecule has 0 aliphatic heterocycles. The first-order valence-electron chi connectivity index (χ1n) is 7.36. The summed E-state index contributed by atoms with van der Waals surface area (Å²) >= 11 is 1.50. The van der Waals surface area contributed by atoms with E-state index >= 15 is 0 Å². The van der Waals surface area contributed by atoms with E-state index in [0.717, 1.165) is 32.1 Å². The molecule has 134 valence electrons. The first-order valence-corrected chi connectivity index (χ1v) is 8.60. The minimum absolute atomic E-state index is 0.145. The summed E-state index contributed by atoms with van der Waals surface area (Å²) in [6, 6.07) is 0. The number of rotatable bonds is 9. The van der Waals surface area contributed by atoms with Crippen LogP contribution in [0.1, 0.15) is 58.8 Å². The number of hydrogen-bond donors (Lipinski definition) is 0. The molecular formula is C14H22F7I. The van der Waals surface area contributed by atoms with Gasteiger partial charge in [0.1, 0.15) is 0 Å². The molecule has 0 bridgehead atoms. The molecule has 0 rings (SSSR count). The molecule has 0 aromatic carbocycles. The van der Waals surface area contributed by atoms with Gasteiger partial charge in [-0.25, -0.2) is 4.39 Å². The minimum atomic E-state index is -5.96. The maximum absolute atomic E-state index is 13.9. The Morgan fingerprint density at radius 1 is 0.773 bits per heavy atom. The van der Waals surface area contributed by atoms with Crippen molar-refractivity contribution < 1.29 is 30.7 Å². The second-order valence-corrected chi connectivity index (χ2v) is 7.17. The topological polar surface area (TPSA) is 0 Å². The molecule has 0 saturated carbocycles. The summed E-state index contributed by atoms with van der Waals surface area (Å²) in [6.07, 6.45) is -6.54. The number of halogens is 8. The zero-order valence-corrected chi connectivity index (χ0v) is 14.8. The number of unbranched alkanes of at least 4 members (excludes halogenated alkanes) is 5. The fraction of sp³-hybridized carbons (Fsp3) is 1.00. The highest BCUT2D eigenvalue weighted by Crippen LogP contribution is 2.52. The fourth-order valence-corrected chi connectivity index (χ4v) is 3.23. The molecule has 0 spiro atoms. The first kappa shape index (κ1) is 22.2. The first-order chi connectivity index (χ1) is 9.89. The van der Waals surface area contributed by atoms with Crippen LogP contribution in [0.3, 0.4) is 0 Å². The lowest BCUT2D eigenvalue weighted by atomic mass is 9.85. The van der Waals surface area contributed by atoms with Crippen molar-refractivity contribution in [2.75, 3.05) is 0 Å². The van der Waals surface area contributed by atoms with Crippen LogP contribution in [0.15, 0.2) is 0 Å².